The second kappa shape index (κ2) is 5.55. The molecule has 0 atom stereocenters. The SMILES string of the molecule is CN(C)c1nc(Cl)c(Cc2ccccc2)c(Cl)n1. The molecule has 0 saturated carbocycles. The fraction of sp³-hybridized carbons (Fsp3) is 0.231. The van der Waals surface area contributed by atoms with E-state index in [1.807, 2.05) is 44.4 Å². The highest BCUT2D eigenvalue weighted by atomic mass is 35.5. The molecule has 1 heterocycles. The van der Waals surface area contributed by atoms with E-state index in [9.17, 15) is 0 Å². The van der Waals surface area contributed by atoms with Gasteiger partial charge in [-0.2, -0.15) is 0 Å². The number of halogens is 2. The van der Waals surface area contributed by atoms with Gasteiger partial charge in [0.25, 0.3) is 0 Å². The Morgan fingerprint density at radius 2 is 1.56 bits per heavy atom. The molecule has 0 unspecified atom stereocenters. The van der Waals surface area contributed by atoms with E-state index in [-0.39, 0.29) is 0 Å². The van der Waals surface area contributed by atoms with Crippen molar-refractivity contribution in [3.63, 3.8) is 0 Å². The summed E-state index contributed by atoms with van der Waals surface area (Å²) in [6, 6.07) is 9.97. The minimum atomic E-state index is 0.405. The molecule has 0 fully saturated rings. The van der Waals surface area contributed by atoms with Gasteiger partial charge >= 0.3 is 0 Å². The monoisotopic (exact) mass is 281 g/mol. The zero-order valence-corrected chi connectivity index (χ0v) is 11.7. The van der Waals surface area contributed by atoms with Crippen molar-refractivity contribution in [3.8, 4) is 0 Å². The van der Waals surface area contributed by atoms with Crippen LogP contribution in [0.25, 0.3) is 0 Å². The van der Waals surface area contributed by atoms with Crippen molar-refractivity contribution in [2.24, 2.45) is 0 Å². The summed E-state index contributed by atoms with van der Waals surface area (Å²) in [5.41, 5.74) is 1.89. The summed E-state index contributed by atoms with van der Waals surface area (Å²) < 4.78 is 0. The van der Waals surface area contributed by atoms with Crippen LogP contribution in [0.4, 0.5) is 5.95 Å². The minimum absolute atomic E-state index is 0.405. The number of nitrogens with zero attached hydrogens (tertiary/aromatic N) is 3. The van der Waals surface area contributed by atoms with Gasteiger partial charge in [0, 0.05) is 26.1 Å². The summed E-state index contributed by atoms with van der Waals surface area (Å²) in [5.74, 6) is 0.516. The van der Waals surface area contributed by atoms with E-state index in [1.54, 1.807) is 4.90 Å². The van der Waals surface area contributed by atoms with Crippen molar-refractivity contribution in [2.75, 3.05) is 19.0 Å². The molecule has 2 rings (SSSR count). The zero-order chi connectivity index (χ0) is 13.1. The first-order chi connectivity index (χ1) is 8.58. The Morgan fingerprint density at radius 1 is 1.00 bits per heavy atom. The first-order valence-electron chi connectivity index (χ1n) is 5.51. The average Bonchev–Trinajstić information content (AvgIpc) is 2.34. The van der Waals surface area contributed by atoms with Gasteiger partial charge in [-0.05, 0) is 5.56 Å². The first kappa shape index (κ1) is 13.1. The van der Waals surface area contributed by atoms with Gasteiger partial charge in [0.05, 0.1) is 0 Å². The van der Waals surface area contributed by atoms with Gasteiger partial charge < -0.3 is 4.90 Å². The maximum Gasteiger partial charge on any atom is 0.227 e. The summed E-state index contributed by atoms with van der Waals surface area (Å²) in [7, 11) is 3.69. The molecule has 2 aromatic rings. The largest absolute Gasteiger partial charge is 0.347 e. The van der Waals surface area contributed by atoms with Crippen LogP contribution in [0.1, 0.15) is 11.1 Å². The van der Waals surface area contributed by atoms with Gasteiger partial charge in [-0.1, -0.05) is 53.5 Å². The van der Waals surface area contributed by atoms with Crippen LogP contribution < -0.4 is 4.90 Å². The lowest BCUT2D eigenvalue weighted by Gasteiger charge is -2.13. The predicted molar refractivity (Wildman–Crippen MR) is 75.6 cm³/mol. The van der Waals surface area contributed by atoms with E-state index in [4.69, 9.17) is 23.2 Å². The number of rotatable bonds is 3. The molecule has 1 aromatic carbocycles. The lowest BCUT2D eigenvalue weighted by atomic mass is 10.1. The molecular formula is C13H13Cl2N3. The van der Waals surface area contributed by atoms with Crippen molar-refractivity contribution in [3.05, 3.63) is 51.8 Å². The molecule has 0 N–H and O–H groups in total. The molecule has 0 amide bonds. The van der Waals surface area contributed by atoms with Gasteiger partial charge in [0.2, 0.25) is 5.95 Å². The van der Waals surface area contributed by atoms with Crippen LogP contribution in [0.15, 0.2) is 30.3 Å². The maximum atomic E-state index is 6.17. The Morgan fingerprint density at radius 3 is 2.06 bits per heavy atom. The number of anilines is 1. The first-order valence-corrected chi connectivity index (χ1v) is 6.26. The number of benzene rings is 1. The van der Waals surface area contributed by atoms with E-state index < -0.39 is 0 Å². The Bertz CT molecular complexity index is 518. The normalized spacial score (nSPS) is 10.4. The minimum Gasteiger partial charge on any atom is -0.347 e. The Labute approximate surface area is 116 Å². The van der Waals surface area contributed by atoms with Gasteiger partial charge in [-0.25, -0.2) is 9.97 Å². The summed E-state index contributed by atoms with van der Waals surface area (Å²) >= 11 is 12.3. The molecule has 3 nitrogen and oxygen atoms in total. The van der Waals surface area contributed by atoms with E-state index in [0.717, 1.165) is 11.1 Å². The summed E-state index contributed by atoms with van der Waals surface area (Å²) in [6.07, 6.45) is 0.631. The van der Waals surface area contributed by atoms with Crippen molar-refractivity contribution in [2.45, 2.75) is 6.42 Å². The van der Waals surface area contributed by atoms with Gasteiger partial charge in [0.1, 0.15) is 10.3 Å². The van der Waals surface area contributed by atoms with E-state index in [0.29, 0.717) is 22.7 Å². The highest BCUT2D eigenvalue weighted by Gasteiger charge is 2.13. The third-order valence-electron chi connectivity index (χ3n) is 2.52. The predicted octanol–water partition coefficient (Wildman–Crippen LogP) is 3.44. The quantitative estimate of drug-likeness (QED) is 0.807. The van der Waals surface area contributed by atoms with Crippen LogP contribution in [0.2, 0.25) is 10.3 Å². The highest BCUT2D eigenvalue weighted by molar-refractivity contribution is 6.34. The summed E-state index contributed by atoms with van der Waals surface area (Å²) in [6.45, 7) is 0. The fourth-order valence-corrected chi connectivity index (χ4v) is 2.08. The van der Waals surface area contributed by atoms with Gasteiger partial charge in [0.15, 0.2) is 0 Å². The highest BCUT2D eigenvalue weighted by Crippen LogP contribution is 2.26. The van der Waals surface area contributed by atoms with Crippen LogP contribution >= 0.6 is 23.2 Å². The number of hydrogen-bond acceptors (Lipinski definition) is 3. The Balaban J connectivity index is 2.34. The molecule has 0 aliphatic rings. The smallest absolute Gasteiger partial charge is 0.227 e. The standard InChI is InChI=1S/C13H13Cl2N3/c1-18(2)13-16-11(14)10(12(15)17-13)8-9-6-4-3-5-7-9/h3-7H,8H2,1-2H3. The number of hydrogen-bond donors (Lipinski definition) is 0. The molecule has 0 bridgehead atoms. The summed E-state index contributed by atoms with van der Waals surface area (Å²) in [4.78, 5) is 10.2. The van der Waals surface area contributed by atoms with Crippen LogP contribution in [0.5, 0.6) is 0 Å². The average molecular weight is 282 g/mol. The van der Waals surface area contributed by atoms with Crippen molar-refractivity contribution >= 4 is 29.2 Å². The van der Waals surface area contributed by atoms with Crippen molar-refractivity contribution < 1.29 is 0 Å². The second-order valence-corrected chi connectivity index (χ2v) is 4.86. The van der Waals surface area contributed by atoms with E-state index in [1.165, 1.54) is 0 Å². The molecule has 1 aromatic heterocycles. The molecule has 18 heavy (non-hydrogen) atoms. The third kappa shape index (κ3) is 2.92. The summed E-state index contributed by atoms with van der Waals surface area (Å²) in [5, 5.41) is 0.810. The van der Waals surface area contributed by atoms with Gasteiger partial charge in [-0.3, -0.25) is 0 Å². The van der Waals surface area contributed by atoms with Crippen molar-refractivity contribution in [1.29, 1.82) is 0 Å². The lowest BCUT2D eigenvalue weighted by molar-refractivity contribution is 0.976. The second-order valence-electron chi connectivity index (χ2n) is 4.14. The van der Waals surface area contributed by atoms with E-state index >= 15 is 0 Å². The molecule has 0 radical (unpaired) electrons. The fourth-order valence-electron chi connectivity index (χ4n) is 1.57. The van der Waals surface area contributed by atoms with Crippen LogP contribution in [0.3, 0.4) is 0 Å². The molecule has 94 valence electrons. The zero-order valence-electron chi connectivity index (χ0n) is 10.2. The molecule has 5 heteroatoms. The maximum absolute atomic E-state index is 6.17. The van der Waals surface area contributed by atoms with Gasteiger partial charge in [-0.15, -0.1) is 0 Å². The molecular weight excluding hydrogens is 269 g/mol. The van der Waals surface area contributed by atoms with Crippen LogP contribution in [-0.2, 0) is 6.42 Å². The lowest BCUT2D eigenvalue weighted by Crippen LogP contribution is -2.13. The third-order valence-corrected chi connectivity index (χ3v) is 3.14. The topological polar surface area (TPSA) is 29.0 Å². The molecule has 0 spiro atoms. The Kier molecular flexibility index (Phi) is 4.04. The molecule has 0 saturated heterocycles. The van der Waals surface area contributed by atoms with E-state index in [2.05, 4.69) is 9.97 Å². The Hall–Kier alpha value is -1.32. The molecule has 0 aliphatic heterocycles. The van der Waals surface area contributed by atoms with Crippen molar-refractivity contribution in [1.82, 2.24) is 9.97 Å². The molecule has 0 aliphatic carbocycles. The van der Waals surface area contributed by atoms with Crippen LogP contribution in [0, 0.1) is 0 Å². The number of aromatic nitrogens is 2. The van der Waals surface area contributed by atoms with Crippen LogP contribution in [-0.4, -0.2) is 24.1 Å².